The Morgan fingerprint density at radius 2 is 2.17 bits per heavy atom. The van der Waals surface area contributed by atoms with Crippen LogP contribution in [0.2, 0.25) is 0 Å². The number of halogens is 1. The van der Waals surface area contributed by atoms with Crippen LogP contribution in [-0.4, -0.2) is 14.5 Å². The highest BCUT2D eigenvalue weighted by molar-refractivity contribution is 9.10. The maximum absolute atomic E-state index is 10.6. The lowest BCUT2D eigenvalue weighted by atomic mass is 10.2. The topological polar surface area (TPSA) is 61.0 Å². The summed E-state index contributed by atoms with van der Waals surface area (Å²) in [7, 11) is 0. The van der Waals surface area contributed by atoms with E-state index >= 15 is 0 Å². The normalized spacial score (nSPS) is 10.6. The molecule has 0 fully saturated rings. The average molecular weight is 310 g/mol. The molecule has 1 aromatic carbocycles. The first-order valence-corrected chi connectivity index (χ1v) is 6.19. The second-order valence-electron chi connectivity index (χ2n) is 4.08. The predicted octanol–water partition coefficient (Wildman–Crippen LogP) is 3.22. The van der Waals surface area contributed by atoms with Gasteiger partial charge in [0.15, 0.2) is 0 Å². The highest BCUT2D eigenvalue weighted by atomic mass is 79.9. The van der Waals surface area contributed by atoms with Crippen LogP contribution in [0.25, 0.3) is 0 Å². The van der Waals surface area contributed by atoms with E-state index in [1.165, 1.54) is 12.1 Å². The van der Waals surface area contributed by atoms with Gasteiger partial charge in [-0.2, -0.15) is 0 Å². The van der Waals surface area contributed by atoms with Crippen LogP contribution in [0, 0.1) is 24.0 Å². The summed E-state index contributed by atoms with van der Waals surface area (Å²) in [5.41, 5.74) is 3.17. The lowest BCUT2D eigenvalue weighted by Crippen LogP contribution is -2.02. The molecule has 18 heavy (non-hydrogen) atoms. The minimum absolute atomic E-state index is 0.0872. The number of benzene rings is 1. The van der Waals surface area contributed by atoms with Crippen LogP contribution in [0.3, 0.4) is 0 Å². The van der Waals surface area contributed by atoms with Gasteiger partial charge in [-0.1, -0.05) is 15.9 Å². The Hall–Kier alpha value is -1.69. The molecule has 1 heterocycles. The van der Waals surface area contributed by atoms with Crippen molar-refractivity contribution in [3.63, 3.8) is 0 Å². The number of imidazole rings is 1. The van der Waals surface area contributed by atoms with Crippen LogP contribution in [0.1, 0.15) is 17.0 Å². The molecule has 0 N–H and O–H groups in total. The Bertz CT molecular complexity index is 607. The van der Waals surface area contributed by atoms with Crippen LogP contribution in [0.15, 0.2) is 29.0 Å². The van der Waals surface area contributed by atoms with E-state index in [0.717, 1.165) is 21.4 Å². The Morgan fingerprint density at radius 1 is 1.44 bits per heavy atom. The summed E-state index contributed by atoms with van der Waals surface area (Å²) >= 11 is 3.37. The molecular weight excluding hydrogens is 298 g/mol. The minimum atomic E-state index is -0.402. The zero-order valence-corrected chi connectivity index (χ0v) is 11.6. The van der Waals surface area contributed by atoms with Crippen molar-refractivity contribution in [2.45, 2.75) is 20.4 Å². The van der Waals surface area contributed by atoms with E-state index < -0.39 is 4.92 Å². The number of nitro benzene ring substituents is 1. The summed E-state index contributed by atoms with van der Waals surface area (Å²) < 4.78 is 2.75. The molecule has 0 spiro atoms. The number of nitrogens with zero attached hydrogens (tertiary/aromatic N) is 3. The molecule has 0 saturated carbocycles. The molecule has 1 aromatic heterocycles. The number of aromatic nitrogens is 2. The van der Waals surface area contributed by atoms with Gasteiger partial charge < -0.3 is 4.57 Å². The smallest absolute Gasteiger partial charge is 0.270 e. The van der Waals surface area contributed by atoms with Gasteiger partial charge >= 0.3 is 0 Å². The average Bonchev–Trinajstić information content (AvgIpc) is 2.63. The Morgan fingerprint density at radius 3 is 2.67 bits per heavy atom. The Balaban J connectivity index is 2.30. The van der Waals surface area contributed by atoms with Crippen molar-refractivity contribution >= 4 is 21.6 Å². The van der Waals surface area contributed by atoms with Crippen LogP contribution in [0.5, 0.6) is 0 Å². The fourth-order valence-electron chi connectivity index (χ4n) is 1.67. The summed E-state index contributed by atoms with van der Waals surface area (Å²) in [5, 5.41) is 10.6. The van der Waals surface area contributed by atoms with Gasteiger partial charge in [-0.3, -0.25) is 10.1 Å². The highest BCUT2D eigenvalue weighted by Crippen LogP contribution is 2.24. The lowest BCUT2D eigenvalue weighted by molar-refractivity contribution is -0.384. The van der Waals surface area contributed by atoms with Crippen LogP contribution in [0.4, 0.5) is 5.69 Å². The number of nitro groups is 1. The first-order chi connectivity index (χ1) is 8.49. The van der Waals surface area contributed by atoms with Gasteiger partial charge in [0.1, 0.15) is 0 Å². The lowest BCUT2D eigenvalue weighted by Gasteiger charge is -2.07. The van der Waals surface area contributed by atoms with Crippen LogP contribution >= 0.6 is 15.9 Å². The number of hydrogen-bond acceptors (Lipinski definition) is 3. The zero-order chi connectivity index (χ0) is 13.3. The number of aryl methyl sites for hydroxylation is 1. The summed E-state index contributed by atoms with van der Waals surface area (Å²) in [4.78, 5) is 14.5. The van der Waals surface area contributed by atoms with Gasteiger partial charge in [0.25, 0.3) is 5.69 Å². The second kappa shape index (κ2) is 4.89. The molecule has 0 saturated heterocycles. The molecule has 0 unspecified atom stereocenters. The zero-order valence-electron chi connectivity index (χ0n) is 10.1. The summed E-state index contributed by atoms with van der Waals surface area (Å²) in [6, 6.07) is 4.80. The van der Waals surface area contributed by atoms with Crippen molar-refractivity contribution in [3.05, 3.63) is 56.1 Å². The molecule has 2 aromatic rings. The standard InChI is InChI=1S/C12H12BrN3O2/c1-8-9(2)15(7-14-8)6-10-3-4-11(16(17)18)5-12(10)13/h3-5,7H,6H2,1-2H3. The van der Waals surface area contributed by atoms with Gasteiger partial charge in [0, 0.05) is 28.8 Å². The largest absolute Gasteiger partial charge is 0.330 e. The maximum Gasteiger partial charge on any atom is 0.270 e. The molecule has 0 atom stereocenters. The third kappa shape index (κ3) is 2.43. The van der Waals surface area contributed by atoms with Crippen molar-refractivity contribution in [3.8, 4) is 0 Å². The van der Waals surface area contributed by atoms with Crippen LogP contribution < -0.4 is 0 Å². The molecule has 0 aliphatic heterocycles. The van der Waals surface area contributed by atoms with Gasteiger partial charge in [-0.15, -0.1) is 0 Å². The van der Waals surface area contributed by atoms with Crippen molar-refractivity contribution < 1.29 is 4.92 Å². The van der Waals surface area contributed by atoms with Gasteiger partial charge in [0.2, 0.25) is 0 Å². The van der Waals surface area contributed by atoms with Crippen molar-refractivity contribution in [1.29, 1.82) is 0 Å². The van der Waals surface area contributed by atoms with Crippen molar-refractivity contribution in [2.24, 2.45) is 0 Å². The number of rotatable bonds is 3. The minimum Gasteiger partial charge on any atom is -0.330 e. The van der Waals surface area contributed by atoms with Crippen LogP contribution in [-0.2, 0) is 6.54 Å². The second-order valence-corrected chi connectivity index (χ2v) is 4.93. The first kappa shape index (κ1) is 12.8. The highest BCUT2D eigenvalue weighted by Gasteiger charge is 2.10. The van der Waals surface area contributed by atoms with E-state index in [0.29, 0.717) is 6.54 Å². The van der Waals surface area contributed by atoms with Crippen molar-refractivity contribution in [2.75, 3.05) is 0 Å². The Labute approximate surface area is 113 Å². The molecule has 0 aliphatic carbocycles. The van der Waals surface area contributed by atoms with E-state index in [2.05, 4.69) is 20.9 Å². The first-order valence-electron chi connectivity index (χ1n) is 5.40. The molecule has 5 nitrogen and oxygen atoms in total. The molecule has 2 rings (SSSR count). The molecular formula is C12H12BrN3O2. The van der Waals surface area contributed by atoms with Gasteiger partial charge in [-0.05, 0) is 25.5 Å². The molecule has 0 bridgehead atoms. The van der Waals surface area contributed by atoms with Crippen molar-refractivity contribution in [1.82, 2.24) is 9.55 Å². The monoisotopic (exact) mass is 309 g/mol. The van der Waals surface area contributed by atoms with Gasteiger partial charge in [-0.25, -0.2) is 4.98 Å². The number of hydrogen-bond donors (Lipinski definition) is 0. The van der Waals surface area contributed by atoms with E-state index in [9.17, 15) is 10.1 Å². The third-order valence-corrected chi connectivity index (χ3v) is 3.67. The third-order valence-electron chi connectivity index (χ3n) is 2.93. The Kier molecular flexibility index (Phi) is 3.47. The van der Waals surface area contributed by atoms with E-state index in [-0.39, 0.29) is 5.69 Å². The predicted molar refractivity (Wildman–Crippen MR) is 71.6 cm³/mol. The summed E-state index contributed by atoms with van der Waals surface area (Å²) in [5.74, 6) is 0. The number of non-ortho nitro benzene ring substituents is 1. The van der Waals surface area contributed by atoms with Gasteiger partial charge in [0.05, 0.1) is 16.9 Å². The molecule has 0 amide bonds. The fraction of sp³-hybridized carbons (Fsp3) is 0.250. The fourth-order valence-corrected chi connectivity index (χ4v) is 2.16. The quantitative estimate of drug-likeness (QED) is 0.646. The molecule has 94 valence electrons. The molecule has 0 aliphatic rings. The summed E-state index contributed by atoms with van der Waals surface area (Å²) in [6.45, 7) is 4.60. The van der Waals surface area contributed by atoms with E-state index in [1.807, 2.05) is 18.4 Å². The maximum atomic E-state index is 10.6. The molecule has 0 radical (unpaired) electrons. The van der Waals surface area contributed by atoms with E-state index in [1.54, 1.807) is 12.4 Å². The molecule has 6 heteroatoms. The van der Waals surface area contributed by atoms with E-state index in [4.69, 9.17) is 0 Å². The SMILES string of the molecule is Cc1ncn(Cc2ccc([N+](=O)[O-])cc2Br)c1C. The summed E-state index contributed by atoms with van der Waals surface area (Å²) in [6.07, 6.45) is 1.78.